The largest absolute Gasteiger partial charge is 0.461 e. The second-order valence-corrected chi connectivity index (χ2v) is 10.4. The number of rotatable bonds is 6. The summed E-state index contributed by atoms with van der Waals surface area (Å²) < 4.78 is 10.6. The molecule has 2 amide bonds. The van der Waals surface area contributed by atoms with Gasteiger partial charge in [-0.3, -0.25) is 19.3 Å². The summed E-state index contributed by atoms with van der Waals surface area (Å²) in [4.78, 5) is 57.8. The minimum atomic E-state index is -0.757. The number of fused-ring (bicyclic) bond motifs is 2. The Kier molecular flexibility index (Phi) is 6.50. The summed E-state index contributed by atoms with van der Waals surface area (Å²) in [5, 5.41) is 5.47. The number of nitrogens with one attached hydrogen (secondary N) is 3. The topological polar surface area (TPSA) is 143 Å². The van der Waals surface area contributed by atoms with Crippen molar-refractivity contribution in [2.24, 2.45) is 0 Å². The fourth-order valence-electron chi connectivity index (χ4n) is 3.80. The van der Waals surface area contributed by atoms with E-state index in [9.17, 15) is 19.2 Å². The summed E-state index contributed by atoms with van der Waals surface area (Å²) in [6.07, 6.45) is 0. The van der Waals surface area contributed by atoms with Crippen molar-refractivity contribution in [3.63, 3.8) is 0 Å². The molecule has 3 N–H and O–H groups in total. The fraction of sp³-hybridized carbons (Fsp3) is 0.435. The summed E-state index contributed by atoms with van der Waals surface area (Å²) in [7, 11) is 0. The van der Waals surface area contributed by atoms with Crippen molar-refractivity contribution in [2.75, 3.05) is 23.0 Å². The first-order valence-corrected chi connectivity index (χ1v) is 12.0. The van der Waals surface area contributed by atoms with Crippen molar-refractivity contribution in [3.8, 4) is 0 Å². The SMILES string of the molecule is CC(=O)Nc1ccc2nc(N[C@@H]3C(=O)N4C(C(=O)OC(C)(C)C)=C(COC(C)=O)CSC34)[nH]c2c1. The van der Waals surface area contributed by atoms with E-state index in [4.69, 9.17) is 9.47 Å². The van der Waals surface area contributed by atoms with Gasteiger partial charge in [-0.15, -0.1) is 11.8 Å². The number of nitrogens with zero attached hydrogens (tertiary/aromatic N) is 2. The Bertz CT molecular complexity index is 1250. The second-order valence-electron chi connectivity index (χ2n) is 9.26. The third kappa shape index (κ3) is 5.26. The van der Waals surface area contributed by atoms with Gasteiger partial charge >= 0.3 is 11.9 Å². The minimum Gasteiger partial charge on any atom is -0.461 e. The number of carbonyl (C=O) groups is 4. The van der Waals surface area contributed by atoms with E-state index in [0.717, 1.165) is 0 Å². The summed E-state index contributed by atoms with van der Waals surface area (Å²) in [5.74, 6) is -0.817. The highest BCUT2D eigenvalue weighted by molar-refractivity contribution is 8.00. The molecule has 35 heavy (non-hydrogen) atoms. The molecule has 1 aromatic heterocycles. The summed E-state index contributed by atoms with van der Waals surface area (Å²) in [5.41, 5.74) is 1.87. The molecule has 1 unspecified atom stereocenters. The quantitative estimate of drug-likeness (QED) is 0.401. The van der Waals surface area contributed by atoms with E-state index in [1.807, 2.05) is 0 Å². The Hall–Kier alpha value is -3.54. The molecule has 3 heterocycles. The average Bonchev–Trinajstić information content (AvgIpc) is 3.15. The Morgan fingerprint density at radius 3 is 2.66 bits per heavy atom. The second kappa shape index (κ2) is 9.25. The van der Waals surface area contributed by atoms with E-state index in [2.05, 4.69) is 20.6 Å². The van der Waals surface area contributed by atoms with E-state index in [1.165, 1.54) is 30.5 Å². The van der Waals surface area contributed by atoms with Gasteiger partial charge in [-0.1, -0.05) is 0 Å². The van der Waals surface area contributed by atoms with Crippen molar-refractivity contribution < 1.29 is 28.7 Å². The lowest BCUT2D eigenvalue weighted by Gasteiger charge is -2.49. The molecule has 4 rings (SSSR count). The standard InChI is InChI=1S/C23H27N5O6S/c1-11(29)24-14-6-7-15-16(8-14)26-22(25-15)27-17-19(31)28-18(21(32)34-23(3,4)5)13(9-33-12(2)30)10-35-20(17)28/h6-8,17,20H,9-10H2,1-5H3,(H,24,29)(H2,25,26,27)/t17-,20?/m1/s1. The fourth-order valence-corrected chi connectivity index (χ4v) is 5.13. The maximum absolute atomic E-state index is 13.2. The van der Waals surface area contributed by atoms with Gasteiger partial charge < -0.3 is 25.1 Å². The lowest BCUT2D eigenvalue weighted by molar-refractivity contribution is -0.157. The Morgan fingerprint density at radius 2 is 2.00 bits per heavy atom. The molecule has 11 nitrogen and oxygen atoms in total. The lowest BCUT2D eigenvalue weighted by atomic mass is 10.0. The van der Waals surface area contributed by atoms with Crippen LogP contribution < -0.4 is 10.6 Å². The van der Waals surface area contributed by atoms with Crippen LogP contribution in [0.1, 0.15) is 34.6 Å². The van der Waals surface area contributed by atoms with Crippen LogP contribution >= 0.6 is 11.8 Å². The van der Waals surface area contributed by atoms with Gasteiger partial charge in [-0.2, -0.15) is 0 Å². The van der Waals surface area contributed by atoms with Crippen molar-refractivity contribution >= 4 is 58.2 Å². The molecule has 2 aliphatic rings. The van der Waals surface area contributed by atoms with Crippen LogP contribution in [0.2, 0.25) is 0 Å². The van der Waals surface area contributed by atoms with Gasteiger partial charge in [0.1, 0.15) is 29.3 Å². The van der Waals surface area contributed by atoms with Gasteiger partial charge in [0.25, 0.3) is 5.91 Å². The zero-order valence-electron chi connectivity index (χ0n) is 20.1. The predicted molar refractivity (Wildman–Crippen MR) is 130 cm³/mol. The monoisotopic (exact) mass is 501 g/mol. The first-order chi connectivity index (χ1) is 16.4. The molecule has 1 saturated heterocycles. The molecular weight excluding hydrogens is 474 g/mol. The number of hydrogen-bond donors (Lipinski definition) is 3. The molecule has 1 fully saturated rings. The zero-order valence-corrected chi connectivity index (χ0v) is 20.9. The molecule has 0 saturated carbocycles. The van der Waals surface area contributed by atoms with Gasteiger partial charge in [-0.05, 0) is 39.0 Å². The molecule has 0 aliphatic carbocycles. The van der Waals surface area contributed by atoms with Crippen molar-refractivity contribution in [1.29, 1.82) is 0 Å². The highest BCUT2D eigenvalue weighted by atomic mass is 32.2. The normalized spacial score (nSPS) is 19.7. The molecule has 12 heteroatoms. The van der Waals surface area contributed by atoms with E-state index in [0.29, 0.717) is 34.0 Å². The molecular formula is C23H27N5O6S. The van der Waals surface area contributed by atoms with Crippen molar-refractivity contribution in [3.05, 3.63) is 29.5 Å². The van der Waals surface area contributed by atoms with Crippen LogP contribution in [0.25, 0.3) is 11.0 Å². The van der Waals surface area contributed by atoms with Crippen LogP contribution in [-0.4, -0.2) is 68.0 Å². The summed E-state index contributed by atoms with van der Waals surface area (Å²) in [6.45, 7) is 7.85. The van der Waals surface area contributed by atoms with Gasteiger partial charge in [0.05, 0.1) is 11.0 Å². The summed E-state index contributed by atoms with van der Waals surface area (Å²) in [6, 6.07) is 4.63. The number of amides is 2. The minimum absolute atomic E-state index is 0.0916. The predicted octanol–water partition coefficient (Wildman–Crippen LogP) is 2.38. The maximum Gasteiger partial charge on any atom is 0.355 e. The van der Waals surface area contributed by atoms with Gasteiger partial charge in [0.2, 0.25) is 11.9 Å². The Morgan fingerprint density at radius 1 is 1.26 bits per heavy atom. The van der Waals surface area contributed by atoms with Crippen LogP contribution in [0.3, 0.4) is 0 Å². The van der Waals surface area contributed by atoms with Crippen LogP contribution in [0.4, 0.5) is 11.6 Å². The molecule has 186 valence electrons. The van der Waals surface area contributed by atoms with Gasteiger partial charge in [0, 0.05) is 30.9 Å². The number of aromatic nitrogens is 2. The van der Waals surface area contributed by atoms with Crippen LogP contribution in [-0.2, 0) is 28.7 Å². The van der Waals surface area contributed by atoms with Crippen LogP contribution in [0.15, 0.2) is 29.5 Å². The molecule has 0 spiro atoms. The van der Waals surface area contributed by atoms with Gasteiger partial charge in [0.15, 0.2) is 0 Å². The number of benzene rings is 1. The first kappa shape index (κ1) is 24.6. The molecule has 2 aromatic rings. The van der Waals surface area contributed by atoms with Crippen molar-refractivity contribution in [2.45, 2.75) is 51.6 Å². The van der Waals surface area contributed by atoms with E-state index in [1.54, 1.807) is 39.0 Å². The number of H-pyrrole nitrogens is 1. The van der Waals surface area contributed by atoms with Gasteiger partial charge in [-0.25, -0.2) is 9.78 Å². The number of thioether (sulfide) groups is 1. The first-order valence-electron chi connectivity index (χ1n) is 11.0. The van der Waals surface area contributed by atoms with E-state index < -0.39 is 23.6 Å². The Balaban J connectivity index is 1.55. The number of esters is 2. The lowest BCUT2D eigenvalue weighted by Crippen LogP contribution is -2.68. The third-order valence-corrected chi connectivity index (χ3v) is 6.52. The molecule has 2 atom stereocenters. The van der Waals surface area contributed by atoms with Crippen molar-refractivity contribution in [1.82, 2.24) is 14.9 Å². The highest BCUT2D eigenvalue weighted by Crippen LogP contribution is 2.42. The third-order valence-electron chi connectivity index (χ3n) is 5.18. The van der Waals surface area contributed by atoms with Crippen LogP contribution in [0, 0.1) is 0 Å². The molecule has 0 bridgehead atoms. The van der Waals surface area contributed by atoms with E-state index >= 15 is 0 Å². The average molecular weight is 502 g/mol. The van der Waals surface area contributed by atoms with E-state index in [-0.39, 0.29) is 29.5 Å². The Labute approximate surface area is 206 Å². The number of carbonyl (C=O) groups excluding carboxylic acids is 4. The summed E-state index contributed by atoms with van der Waals surface area (Å²) >= 11 is 1.46. The number of β-lactam (4-membered cyclic amide) rings is 1. The number of ether oxygens (including phenoxy) is 2. The number of imidazole rings is 1. The van der Waals surface area contributed by atoms with Crippen LogP contribution in [0.5, 0.6) is 0 Å². The highest BCUT2D eigenvalue weighted by Gasteiger charge is 2.54. The smallest absolute Gasteiger partial charge is 0.355 e. The number of aromatic amines is 1. The zero-order chi connectivity index (χ0) is 25.5. The molecule has 1 aromatic carbocycles. The number of hydrogen-bond acceptors (Lipinski definition) is 9. The number of anilines is 2. The molecule has 2 aliphatic heterocycles. The maximum atomic E-state index is 13.2. The molecule has 0 radical (unpaired) electrons.